The number of aryl methyl sites for hydroxylation is 1. The second-order valence-corrected chi connectivity index (χ2v) is 8.93. The maximum absolute atomic E-state index is 12.6. The maximum atomic E-state index is 12.6. The van der Waals surface area contributed by atoms with Crippen molar-refractivity contribution < 1.29 is 4.79 Å². The minimum absolute atomic E-state index is 0.127. The summed E-state index contributed by atoms with van der Waals surface area (Å²) < 4.78 is 0.825. The van der Waals surface area contributed by atoms with Gasteiger partial charge in [-0.2, -0.15) is 0 Å². The van der Waals surface area contributed by atoms with Gasteiger partial charge < -0.3 is 10.2 Å². The van der Waals surface area contributed by atoms with Crippen LogP contribution < -0.4 is 5.32 Å². The first kappa shape index (κ1) is 18.2. The van der Waals surface area contributed by atoms with E-state index >= 15 is 0 Å². The largest absolute Gasteiger partial charge is 0.342 e. The number of nitrogens with one attached hydrogen (secondary N) is 1. The smallest absolute Gasteiger partial charge is 0.235 e. The average molecular weight is 377 g/mol. The monoisotopic (exact) mass is 376 g/mol. The minimum Gasteiger partial charge on any atom is -0.342 e. The molecule has 7 heteroatoms. The number of likely N-dealkylation sites (tertiary alicyclic amines) is 1. The highest BCUT2D eigenvalue weighted by molar-refractivity contribution is 8.02. The lowest BCUT2D eigenvalue weighted by Crippen LogP contribution is -2.37. The van der Waals surface area contributed by atoms with Crippen LogP contribution in [-0.4, -0.2) is 39.3 Å². The molecule has 0 spiro atoms. The molecule has 0 unspecified atom stereocenters. The van der Waals surface area contributed by atoms with E-state index in [1.807, 2.05) is 24.0 Å². The Kier molecular flexibility index (Phi) is 6.31. The molecule has 3 rings (SSSR count). The number of hydrogen-bond donors (Lipinski definition) is 1. The SMILES string of the molecule is Cc1cccc(Nc2nnc(S[C@@H](C)C(=O)N3CCCCCC3)s2)c1. The van der Waals surface area contributed by atoms with Crippen molar-refractivity contribution in [2.75, 3.05) is 18.4 Å². The van der Waals surface area contributed by atoms with E-state index < -0.39 is 0 Å². The van der Waals surface area contributed by atoms with Gasteiger partial charge in [0, 0.05) is 18.8 Å². The van der Waals surface area contributed by atoms with Crippen LogP contribution in [0.1, 0.15) is 38.2 Å². The van der Waals surface area contributed by atoms with Gasteiger partial charge in [-0.1, -0.05) is 48.1 Å². The van der Waals surface area contributed by atoms with Gasteiger partial charge in [-0.25, -0.2) is 0 Å². The first-order chi connectivity index (χ1) is 12.1. The standard InChI is InChI=1S/C18H24N4OS2/c1-13-8-7-9-15(12-13)19-17-20-21-18(25-17)24-14(2)16(23)22-10-5-3-4-6-11-22/h7-9,12,14H,3-6,10-11H2,1-2H3,(H,19,20)/t14-/m0/s1. The van der Waals surface area contributed by atoms with Crippen molar-refractivity contribution in [1.82, 2.24) is 15.1 Å². The van der Waals surface area contributed by atoms with Crippen LogP contribution in [0, 0.1) is 6.92 Å². The lowest BCUT2D eigenvalue weighted by atomic mass is 10.2. The Bertz CT molecular complexity index is 711. The minimum atomic E-state index is -0.127. The molecular weight excluding hydrogens is 352 g/mol. The second-order valence-electron chi connectivity index (χ2n) is 6.37. The summed E-state index contributed by atoms with van der Waals surface area (Å²) in [5, 5.41) is 12.3. The van der Waals surface area contributed by atoms with E-state index in [4.69, 9.17) is 0 Å². The molecule has 25 heavy (non-hydrogen) atoms. The number of anilines is 2. The Balaban J connectivity index is 1.57. The molecule has 1 amide bonds. The summed E-state index contributed by atoms with van der Waals surface area (Å²) in [6, 6.07) is 8.14. The zero-order valence-corrected chi connectivity index (χ0v) is 16.3. The molecule has 1 aliphatic rings. The van der Waals surface area contributed by atoms with E-state index in [0.717, 1.165) is 41.1 Å². The Morgan fingerprint density at radius 1 is 1.24 bits per heavy atom. The molecular formula is C18H24N4OS2. The van der Waals surface area contributed by atoms with Crippen molar-refractivity contribution >= 4 is 39.8 Å². The van der Waals surface area contributed by atoms with Gasteiger partial charge in [-0.15, -0.1) is 10.2 Å². The van der Waals surface area contributed by atoms with Crippen molar-refractivity contribution in [1.29, 1.82) is 0 Å². The molecule has 1 fully saturated rings. The van der Waals surface area contributed by atoms with Crippen LogP contribution in [0.4, 0.5) is 10.8 Å². The lowest BCUT2D eigenvalue weighted by molar-refractivity contribution is -0.130. The summed E-state index contributed by atoms with van der Waals surface area (Å²) in [6.45, 7) is 5.80. The average Bonchev–Trinajstić information content (AvgIpc) is 2.85. The predicted molar refractivity (Wildman–Crippen MR) is 105 cm³/mol. The highest BCUT2D eigenvalue weighted by Gasteiger charge is 2.23. The summed E-state index contributed by atoms with van der Waals surface area (Å²) in [6.07, 6.45) is 4.70. The van der Waals surface area contributed by atoms with Crippen molar-refractivity contribution in [3.05, 3.63) is 29.8 Å². The fourth-order valence-electron chi connectivity index (χ4n) is 2.90. The summed E-state index contributed by atoms with van der Waals surface area (Å²) in [4.78, 5) is 14.6. The molecule has 1 N–H and O–H groups in total. The summed E-state index contributed by atoms with van der Waals surface area (Å²) in [7, 11) is 0. The molecule has 1 saturated heterocycles. The normalized spacial score (nSPS) is 16.3. The van der Waals surface area contributed by atoms with Crippen molar-refractivity contribution in [2.45, 2.75) is 49.1 Å². The van der Waals surface area contributed by atoms with Crippen LogP contribution in [-0.2, 0) is 4.79 Å². The van der Waals surface area contributed by atoms with Gasteiger partial charge in [0.05, 0.1) is 5.25 Å². The van der Waals surface area contributed by atoms with Crippen molar-refractivity contribution in [2.24, 2.45) is 0 Å². The number of hydrogen-bond acceptors (Lipinski definition) is 6. The molecule has 2 heterocycles. The zero-order valence-electron chi connectivity index (χ0n) is 14.7. The van der Waals surface area contributed by atoms with Crippen LogP contribution in [0.2, 0.25) is 0 Å². The second kappa shape index (κ2) is 8.67. The fourth-order valence-corrected chi connectivity index (χ4v) is 4.90. The van der Waals surface area contributed by atoms with Crippen LogP contribution >= 0.6 is 23.1 Å². The molecule has 2 aromatic rings. The number of nitrogens with zero attached hydrogens (tertiary/aromatic N) is 3. The van der Waals surface area contributed by atoms with Crippen molar-refractivity contribution in [3.8, 4) is 0 Å². The third-order valence-corrected chi connectivity index (χ3v) is 6.23. The van der Waals surface area contributed by atoms with E-state index in [1.54, 1.807) is 0 Å². The fraction of sp³-hybridized carbons (Fsp3) is 0.500. The van der Waals surface area contributed by atoms with Gasteiger partial charge in [0.2, 0.25) is 11.0 Å². The number of carbonyl (C=O) groups excluding carboxylic acids is 1. The Hall–Kier alpha value is -1.60. The van der Waals surface area contributed by atoms with E-state index in [-0.39, 0.29) is 11.2 Å². The topological polar surface area (TPSA) is 58.1 Å². The van der Waals surface area contributed by atoms with Gasteiger partial charge in [-0.3, -0.25) is 4.79 Å². The van der Waals surface area contributed by atoms with Crippen LogP contribution in [0.15, 0.2) is 28.6 Å². The predicted octanol–water partition coefficient (Wildman–Crippen LogP) is 4.47. The summed E-state index contributed by atoms with van der Waals surface area (Å²) in [5.41, 5.74) is 2.20. The van der Waals surface area contributed by atoms with Crippen LogP contribution in [0.5, 0.6) is 0 Å². The maximum Gasteiger partial charge on any atom is 0.235 e. The van der Waals surface area contributed by atoms with Crippen LogP contribution in [0.25, 0.3) is 0 Å². The highest BCUT2D eigenvalue weighted by Crippen LogP contribution is 2.31. The molecule has 0 radical (unpaired) electrons. The number of benzene rings is 1. The van der Waals surface area contributed by atoms with Crippen LogP contribution in [0.3, 0.4) is 0 Å². The highest BCUT2D eigenvalue weighted by atomic mass is 32.2. The summed E-state index contributed by atoms with van der Waals surface area (Å²) in [5.74, 6) is 0.218. The van der Waals surface area contributed by atoms with Gasteiger partial charge >= 0.3 is 0 Å². The zero-order chi connectivity index (χ0) is 17.6. The third-order valence-electron chi connectivity index (χ3n) is 4.22. The first-order valence-electron chi connectivity index (χ1n) is 8.74. The molecule has 0 bridgehead atoms. The van der Waals surface area contributed by atoms with Gasteiger partial charge in [0.25, 0.3) is 0 Å². The molecule has 134 valence electrons. The number of thioether (sulfide) groups is 1. The van der Waals surface area contributed by atoms with E-state index in [2.05, 4.69) is 34.6 Å². The van der Waals surface area contributed by atoms with Crippen molar-refractivity contribution in [3.63, 3.8) is 0 Å². The Labute approximate surface area is 157 Å². The van der Waals surface area contributed by atoms with E-state index in [1.165, 1.54) is 41.5 Å². The summed E-state index contributed by atoms with van der Waals surface area (Å²) >= 11 is 2.99. The quantitative estimate of drug-likeness (QED) is 0.780. The Morgan fingerprint density at radius 3 is 2.72 bits per heavy atom. The molecule has 0 saturated carbocycles. The number of rotatable bonds is 5. The molecule has 1 atom stereocenters. The first-order valence-corrected chi connectivity index (χ1v) is 10.4. The molecule has 1 aliphatic heterocycles. The number of aromatic nitrogens is 2. The third kappa shape index (κ3) is 5.19. The number of carbonyl (C=O) groups is 1. The molecule has 1 aromatic carbocycles. The van der Waals surface area contributed by atoms with E-state index in [9.17, 15) is 4.79 Å². The van der Waals surface area contributed by atoms with Gasteiger partial charge in [0.15, 0.2) is 4.34 Å². The lowest BCUT2D eigenvalue weighted by Gasteiger charge is -2.23. The molecule has 5 nitrogen and oxygen atoms in total. The van der Waals surface area contributed by atoms with Gasteiger partial charge in [0.1, 0.15) is 0 Å². The van der Waals surface area contributed by atoms with E-state index in [0.29, 0.717) is 0 Å². The molecule has 0 aliphatic carbocycles. The Morgan fingerprint density at radius 2 is 2.00 bits per heavy atom. The van der Waals surface area contributed by atoms with Gasteiger partial charge in [-0.05, 0) is 44.4 Å². The molecule has 1 aromatic heterocycles. The number of amides is 1.